The molecule has 0 bridgehead atoms. The summed E-state index contributed by atoms with van der Waals surface area (Å²) >= 11 is 0. The Morgan fingerprint density at radius 1 is 1.67 bits per heavy atom. The minimum absolute atomic E-state index is 0.0121. The number of Topliss-reactive ketones (excluding diaryl/α,β-unsaturated/α-hetero) is 1. The third kappa shape index (κ3) is 4.98. The average Bonchev–Trinajstić information content (AvgIpc) is 1.63. The van der Waals surface area contributed by atoms with Gasteiger partial charge in [0, 0.05) is 0 Å². The Morgan fingerprint density at radius 3 is 2.56 bits per heavy atom. The zero-order valence-corrected chi connectivity index (χ0v) is 5.72. The summed E-state index contributed by atoms with van der Waals surface area (Å²) in [4.78, 5) is 15.3. The molecule has 0 aliphatic heterocycles. The zero-order valence-electron chi connectivity index (χ0n) is 5.72. The van der Waals surface area contributed by atoms with E-state index in [4.69, 9.17) is 6.57 Å². The second-order valence-corrected chi connectivity index (χ2v) is 2.09. The molecule has 0 aliphatic rings. The molecule has 0 unspecified atom stereocenters. The zero-order chi connectivity index (χ0) is 7.28. The summed E-state index contributed by atoms with van der Waals surface area (Å²) in [5.74, 6) is -0.0185. The topological polar surface area (TPSA) is 24.7 Å². The summed E-state index contributed by atoms with van der Waals surface area (Å²) in [5, 5.41) is 0. The highest BCUT2D eigenvalue weighted by Gasteiger charge is 2.03. The Balaban J connectivity index is 3.42. The summed E-state index contributed by atoms with van der Waals surface area (Å²) in [6.07, 6.45) is 0. The van der Waals surface area contributed by atoms with Gasteiger partial charge in [0.15, 0.2) is 0 Å². The van der Waals surface area contributed by atoms with Crippen LogP contribution in [-0.4, -0.2) is 37.9 Å². The number of ketones is 1. The molecule has 3 nitrogen and oxygen atoms in total. The molecule has 9 heavy (non-hydrogen) atoms. The van der Waals surface area contributed by atoms with Crippen LogP contribution in [0.25, 0.3) is 4.85 Å². The number of hydrogen-bond donors (Lipinski definition) is 0. The Morgan fingerprint density at radius 2 is 2.22 bits per heavy atom. The normalized spacial score (nSPS) is 9.11. The third-order valence-corrected chi connectivity index (χ3v) is 0.748. The summed E-state index contributed by atoms with van der Waals surface area (Å²) in [6, 6.07) is 0. The molecule has 0 atom stereocenters. The maximum atomic E-state index is 10.6. The fourth-order valence-electron chi connectivity index (χ4n) is 0.491. The number of likely N-dealkylation sites (N-methyl/N-ethyl adjacent to an activating group) is 1. The molecule has 0 N–H and O–H groups in total. The lowest BCUT2D eigenvalue weighted by Gasteiger charge is -2.03. The van der Waals surface area contributed by atoms with Gasteiger partial charge in [0.1, 0.15) is 0 Å². The fraction of sp³-hybridized carbons (Fsp3) is 0.667. The Hall–Kier alpha value is -0.880. The summed E-state index contributed by atoms with van der Waals surface area (Å²) < 4.78 is 0. The van der Waals surface area contributed by atoms with Gasteiger partial charge in [-0.2, -0.15) is 0 Å². The number of nitrogens with zero attached hydrogens (tertiary/aromatic N) is 2. The maximum absolute atomic E-state index is 10.6. The SMILES string of the molecule is [C-]#[N+]CC(=O)CN(C)C. The van der Waals surface area contributed by atoms with Crippen LogP contribution >= 0.6 is 0 Å². The molecule has 0 heterocycles. The van der Waals surface area contributed by atoms with Crippen molar-refractivity contribution in [1.29, 1.82) is 0 Å². The molecule has 50 valence electrons. The van der Waals surface area contributed by atoms with Crippen LogP contribution in [-0.2, 0) is 4.79 Å². The number of carbonyl (C=O) groups excluding carboxylic acids is 1. The van der Waals surface area contributed by atoms with Crippen molar-refractivity contribution in [3.05, 3.63) is 11.4 Å². The highest BCUT2D eigenvalue weighted by Crippen LogP contribution is 1.78. The van der Waals surface area contributed by atoms with Crippen molar-refractivity contribution in [2.75, 3.05) is 27.2 Å². The van der Waals surface area contributed by atoms with E-state index in [0.29, 0.717) is 6.54 Å². The van der Waals surface area contributed by atoms with Gasteiger partial charge >= 0.3 is 0 Å². The smallest absolute Gasteiger partial charge is 0.273 e. The Kier molecular flexibility index (Phi) is 3.65. The number of rotatable bonds is 3. The van der Waals surface area contributed by atoms with Gasteiger partial charge in [-0.1, -0.05) is 0 Å². The van der Waals surface area contributed by atoms with E-state index in [9.17, 15) is 4.79 Å². The molecule has 0 saturated carbocycles. The lowest BCUT2D eigenvalue weighted by Crippen LogP contribution is -2.22. The molecule has 0 aromatic rings. The highest BCUT2D eigenvalue weighted by atomic mass is 16.1. The van der Waals surface area contributed by atoms with Crippen LogP contribution in [0.2, 0.25) is 0 Å². The molecule has 0 amide bonds. The first-order chi connectivity index (χ1) is 4.16. The van der Waals surface area contributed by atoms with Gasteiger partial charge in [0.2, 0.25) is 5.78 Å². The lowest BCUT2D eigenvalue weighted by atomic mass is 10.4. The molecule has 0 aliphatic carbocycles. The molecule has 0 aromatic carbocycles. The van der Waals surface area contributed by atoms with Crippen LogP contribution in [0.3, 0.4) is 0 Å². The summed E-state index contributed by atoms with van der Waals surface area (Å²) in [7, 11) is 3.61. The molecule has 0 saturated heterocycles. The predicted octanol–water partition coefficient (Wildman–Crippen LogP) is 0.0364. The fourth-order valence-corrected chi connectivity index (χ4v) is 0.491. The maximum Gasteiger partial charge on any atom is 0.273 e. The standard InChI is InChI=1S/C6H10N2O/c1-7-4-6(9)5-8(2)3/h4-5H2,2-3H3. The highest BCUT2D eigenvalue weighted by molar-refractivity contribution is 5.83. The molecule has 0 spiro atoms. The van der Waals surface area contributed by atoms with Crippen LogP contribution < -0.4 is 0 Å². The van der Waals surface area contributed by atoms with Gasteiger partial charge in [-0.05, 0) is 14.1 Å². The first kappa shape index (κ1) is 8.12. The minimum Gasteiger partial charge on any atom is -0.308 e. The quantitative estimate of drug-likeness (QED) is 0.498. The number of hydrogen-bond acceptors (Lipinski definition) is 2. The molecular formula is C6H10N2O. The second-order valence-electron chi connectivity index (χ2n) is 2.09. The monoisotopic (exact) mass is 126 g/mol. The molecule has 0 aromatic heterocycles. The van der Waals surface area contributed by atoms with Gasteiger partial charge in [-0.3, -0.25) is 4.79 Å². The van der Waals surface area contributed by atoms with E-state index in [1.165, 1.54) is 0 Å². The number of carbonyl (C=O) groups is 1. The molecule has 3 heteroatoms. The van der Waals surface area contributed by atoms with Gasteiger partial charge in [-0.25, -0.2) is 6.57 Å². The molecular weight excluding hydrogens is 116 g/mol. The van der Waals surface area contributed by atoms with E-state index in [-0.39, 0.29) is 12.3 Å². The lowest BCUT2D eigenvalue weighted by molar-refractivity contribution is -0.117. The van der Waals surface area contributed by atoms with E-state index >= 15 is 0 Å². The van der Waals surface area contributed by atoms with E-state index < -0.39 is 0 Å². The van der Waals surface area contributed by atoms with Crippen LogP contribution in [0.4, 0.5) is 0 Å². The van der Waals surface area contributed by atoms with Crippen molar-refractivity contribution < 1.29 is 4.79 Å². The van der Waals surface area contributed by atoms with Crippen molar-refractivity contribution in [3.63, 3.8) is 0 Å². The minimum atomic E-state index is -0.0185. The molecule has 0 radical (unpaired) electrons. The van der Waals surface area contributed by atoms with E-state index in [2.05, 4.69) is 4.85 Å². The Bertz CT molecular complexity index is 134. The van der Waals surface area contributed by atoms with Crippen molar-refractivity contribution in [3.8, 4) is 0 Å². The second kappa shape index (κ2) is 4.04. The predicted molar refractivity (Wildman–Crippen MR) is 35.0 cm³/mol. The third-order valence-electron chi connectivity index (χ3n) is 0.748. The average molecular weight is 126 g/mol. The van der Waals surface area contributed by atoms with E-state index in [0.717, 1.165) is 0 Å². The first-order valence-corrected chi connectivity index (χ1v) is 2.66. The Labute approximate surface area is 55.1 Å². The summed E-state index contributed by atoms with van der Waals surface area (Å²) in [5.41, 5.74) is 0. The van der Waals surface area contributed by atoms with Gasteiger partial charge in [-0.15, -0.1) is 0 Å². The van der Waals surface area contributed by atoms with Crippen molar-refractivity contribution in [2.24, 2.45) is 0 Å². The summed E-state index contributed by atoms with van der Waals surface area (Å²) in [6.45, 7) is 6.75. The molecule has 0 rings (SSSR count). The van der Waals surface area contributed by atoms with E-state index in [1.54, 1.807) is 4.90 Å². The van der Waals surface area contributed by atoms with Gasteiger partial charge < -0.3 is 9.74 Å². The van der Waals surface area contributed by atoms with Crippen LogP contribution in [0.5, 0.6) is 0 Å². The van der Waals surface area contributed by atoms with Gasteiger partial charge in [0.25, 0.3) is 6.54 Å². The van der Waals surface area contributed by atoms with Gasteiger partial charge in [0.05, 0.1) is 6.54 Å². The van der Waals surface area contributed by atoms with Crippen LogP contribution in [0.1, 0.15) is 0 Å². The van der Waals surface area contributed by atoms with Crippen molar-refractivity contribution >= 4 is 5.78 Å². The van der Waals surface area contributed by atoms with Crippen molar-refractivity contribution in [1.82, 2.24) is 4.90 Å². The van der Waals surface area contributed by atoms with Crippen LogP contribution in [0.15, 0.2) is 0 Å². The first-order valence-electron chi connectivity index (χ1n) is 2.66. The van der Waals surface area contributed by atoms with Crippen LogP contribution in [0, 0.1) is 6.57 Å². The van der Waals surface area contributed by atoms with Crippen molar-refractivity contribution in [2.45, 2.75) is 0 Å². The largest absolute Gasteiger partial charge is 0.308 e. The van der Waals surface area contributed by atoms with E-state index in [1.807, 2.05) is 14.1 Å². The molecule has 0 fully saturated rings.